The second-order valence-corrected chi connectivity index (χ2v) is 7.44. The molecule has 0 saturated heterocycles. The maximum absolute atomic E-state index is 13.5. The fraction of sp³-hybridized carbons (Fsp3) is 0.0833. The Kier molecular flexibility index (Phi) is 6.10. The van der Waals surface area contributed by atoms with Crippen LogP contribution in [-0.4, -0.2) is 30.9 Å². The largest absolute Gasteiger partial charge is 0.497 e. The van der Waals surface area contributed by atoms with E-state index in [-0.39, 0.29) is 11.4 Å². The highest BCUT2D eigenvalue weighted by molar-refractivity contribution is 6.35. The highest BCUT2D eigenvalue weighted by atomic mass is 35.5. The topological polar surface area (TPSA) is 94.3 Å². The molecule has 0 unspecified atom stereocenters. The van der Waals surface area contributed by atoms with Gasteiger partial charge in [0.2, 0.25) is 0 Å². The first kappa shape index (κ1) is 22.0. The van der Waals surface area contributed by atoms with Gasteiger partial charge in [-0.15, -0.1) is 0 Å². The molecule has 0 atom stereocenters. The average Bonchev–Trinajstić information content (AvgIpc) is 3.14. The van der Waals surface area contributed by atoms with Gasteiger partial charge in [0.25, 0.3) is 11.6 Å². The number of anilines is 1. The first-order valence-electron chi connectivity index (χ1n) is 9.78. The van der Waals surface area contributed by atoms with E-state index in [9.17, 15) is 14.9 Å². The quantitative estimate of drug-likeness (QED) is 0.288. The van der Waals surface area contributed by atoms with Gasteiger partial charge in [-0.25, -0.2) is 4.99 Å². The van der Waals surface area contributed by atoms with Crippen LogP contribution in [-0.2, 0) is 4.79 Å². The molecule has 4 rings (SSSR count). The number of methoxy groups -OCH3 is 2. The van der Waals surface area contributed by atoms with E-state index in [1.165, 1.54) is 37.3 Å². The Balaban J connectivity index is 1.86. The molecular formula is C24H18ClN3O5. The maximum atomic E-state index is 13.5. The molecule has 33 heavy (non-hydrogen) atoms. The molecule has 8 nitrogen and oxygen atoms in total. The summed E-state index contributed by atoms with van der Waals surface area (Å²) < 4.78 is 10.8. The summed E-state index contributed by atoms with van der Waals surface area (Å²) in [5.41, 5.74) is 1.59. The monoisotopic (exact) mass is 463 g/mol. The minimum absolute atomic E-state index is 0.0810. The smallest absolute Gasteiger partial charge is 0.282 e. The number of rotatable bonds is 6. The highest BCUT2D eigenvalue weighted by Gasteiger charge is 2.34. The Labute approximate surface area is 194 Å². The van der Waals surface area contributed by atoms with Crippen LogP contribution in [0, 0.1) is 10.1 Å². The van der Waals surface area contributed by atoms with Gasteiger partial charge in [-0.1, -0.05) is 35.9 Å². The van der Waals surface area contributed by atoms with E-state index in [0.29, 0.717) is 39.2 Å². The van der Waals surface area contributed by atoms with Crippen LogP contribution in [0.5, 0.6) is 11.5 Å². The molecule has 1 aliphatic rings. The molecule has 0 N–H and O–H groups in total. The molecule has 0 aromatic heterocycles. The van der Waals surface area contributed by atoms with Crippen molar-refractivity contribution < 1.29 is 19.2 Å². The van der Waals surface area contributed by atoms with Gasteiger partial charge in [0.05, 0.1) is 24.8 Å². The number of hydrogen-bond acceptors (Lipinski definition) is 6. The number of benzene rings is 3. The molecule has 0 radical (unpaired) electrons. The van der Waals surface area contributed by atoms with Gasteiger partial charge >= 0.3 is 0 Å². The zero-order valence-electron chi connectivity index (χ0n) is 17.7. The summed E-state index contributed by atoms with van der Waals surface area (Å²) in [7, 11) is 3.03. The van der Waals surface area contributed by atoms with Gasteiger partial charge in [0.1, 0.15) is 23.0 Å². The van der Waals surface area contributed by atoms with Crippen LogP contribution in [0.15, 0.2) is 77.4 Å². The van der Waals surface area contributed by atoms with E-state index in [1.54, 1.807) is 54.6 Å². The summed E-state index contributed by atoms with van der Waals surface area (Å²) in [6, 6.07) is 18.0. The Morgan fingerprint density at radius 1 is 1.03 bits per heavy atom. The summed E-state index contributed by atoms with van der Waals surface area (Å²) in [5.74, 6) is 0.910. The number of ether oxygens (including phenoxy) is 2. The van der Waals surface area contributed by atoms with Crippen molar-refractivity contribution >= 4 is 40.8 Å². The van der Waals surface area contributed by atoms with E-state index >= 15 is 0 Å². The van der Waals surface area contributed by atoms with Crippen LogP contribution >= 0.6 is 11.6 Å². The summed E-state index contributed by atoms with van der Waals surface area (Å²) in [6.07, 6.45) is 1.51. The van der Waals surface area contributed by atoms with Crippen molar-refractivity contribution in [3.63, 3.8) is 0 Å². The molecule has 0 spiro atoms. The van der Waals surface area contributed by atoms with Crippen molar-refractivity contribution in [1.29, 1.82) is 0 Å². The third kappa shape index (κ3) is 4.42. The van der Waals surface area contributed by atoms with E-state index < -0.39 is 10.8 Å². The van der Waals surface area contributed by atoms with Gasteiger partial charge in [0, 0.05) is 28.8 Å². The van der Waals surface area contributed by atoms with Crippen LogP contribution in [0.25, 0.3) is 6.08 Å². The van der Waals surface area contributed by atoms with Crippen LogP contribution in [0.1, 0.15) is 11.1 Å². The zero-order valence-corrected chi connectivity index (χ0v) is 18.4. The molecule has 9 heteroatoms. The van der Waals surface area contributed by atoms with Crippen molar-refractivity contribution in [2.75, 3.05) is 19.1 Å². The molecule has 3 aromatic carbocycles. The van der Waals surface area contributed by atoms with Crippen molar-refractivity contribution in [1.82, 2.24) is 0 Å². The van der Waals surface area contributed by atoms with Gasteiger partial charge in [-0.3, -0.25) is 19.8 Å². The predicted molar refractivity (Wildman–Crippen MR) is 126 cm³/mol. The Hall–Kier alpha value is -4.17. The Bertz CT molecular complexity index is 1320. The fourth-order valence-electron chi connectivity index (χ4n) is 3.42. The molecule has 166 valence electrons. The third-order valence-electron chi connectivity index (χ3n) is 4.96. The van der Waals surface area contributed by atoms with Gasteiger partial charge in [0.15, 0.2) is 0 Å². The summed E-state index contributed by atoms with van der Waals surface area (Å²) in [5, 5.41) is 11.6. The summed E-state index contributed by atoms with van der Waals surface area (Å²) >= 11 is 6.19. The summed E-state index contributed by atoms with van der Waals surface area (Å²) in [6.45, 7) is 0. The first-order chi connectivity index (χ1) is 15.9. The number of nitro benzene ring substituents is 1. The average molecular weight is 464 g/mol. The number of nitrogens with zero attached hydrogens (tertiary/aromatic N) is 3. The van der Waals surface area contributed by atoms with Crippen molar-refractivity contribution in [2.45, 2.75) is 0 Å². The number of hydrogen-bond donors (Lipinski definition) is 0. The van der Waals surface area contributed by atoms with Gasteiger partial charge in [-0.2, -0.15) is 0 Å². The Morgan fingerprint density at radius 2 is 1.82 bits per heavy atom. The predicted octanol–water partition coefficient (Wildman–Crippen LogP) is 5.10. The van der Waals surface area contributed by atoms with Crippen molar-refractivity contribution in [3.05, 3.63) is 98.7 Å². The van der Waals surface area contributed by atoms with Crippen molar-refractivity contribution in [3.8, 4) is 11.5 Å². The van der Waals surface area contributed by atoms with E-state index in [0.717, 1.165) is 0 Å². The second-order valence-electron chi connectivity index (χ2n) is 7.01. The standard InChI is InChI=1S/C24H18ClN3O5/c1-32-19-9-10-21(22(14-19)33-2)27-23(16-6-4-7-17(25)13-16)26-20(24(27)29)12-15-5-3-8-18(11-15)28(30)31/h3-14H,1-2H3. The first-order valence-corrected chi connectivity index (χ1v) is 10.2. The van der Waals surface area contributed by atoms with E-state index in [2.05, 4.69) is 4.99 Å². The van der Waals surface area contributed by atoms with Gasteiger partial charge in [-0.05, 0) is 35.9 Å². The van der Waals surface area contributed by atoms with Crippen LogP contribution in [0.2, 0.25) is 5.02 Å². The minimum atomic E-state index is -0.492. The number of amidine groups is 1. The molecule has 1 aliphatic heterocycles. The molecule has 0 bridgehead atoms. The number of halogens is 1. The number of aliphatic imine (C=N–C) groups is 1. The number of non-ortho nitro benzene ring substituents is 1. The zero-order chi connectivity index (χ0) is 23.5. The molecule has 1 heterocycles. The number of nitro groups is 1. The fourth-order valence-corrected chi connectivity index (χ4v) is 3.61. The molecular weight excluding hydrogens is 446 g/mol. The summed E-state index contributed by atoms with van der Waals surface area (Å²) in [4.78, 5) is 30.1. The van der Waals surface area contributed by atoms with E-state index in [1.807, 2.05) is 0 Å². The Morgan fingerprint density at radius 3 is 2.52 bits per heavy atom. The maximum Gasteiger partial charge on any atom is 0.282 e. The lowest BCUT2D eigenvalue weighted by Crippen LogP contribution is -2.33. The molecule has 3 aromatic rings. The minimum Gasteiger partial charge on any atom is -0.497 e. The lowest BCUT2D eigenvalue weighted by atomic mass is 10.1. The number of carbonyl (C=O) groups is 1. The molecule has 0 aliphatic carbocycles. The van der Waals surface area contributed by atoms with Crippen LogP contribution < -0.4 is 14.4 Å². The highest BCUT2D eigenvalue weighted by Crippen LogP contribution is 2.37. The molecule has 1 amide bonds. The SMILES string of the molecule is COc1ccc(N2C(=O)C(=Cc3cccc([N+](=O)[O-])c3)N=C2c2cccc(Cl)c2)c(OC)c1. The number of carbonyl (C=O) groups excluding carboxylic acids is 1. The lowest BCUT2D eigenvalue weighted by Gasteiger charge is -2.21. The van der Waals surface area contributed by atoms with E-state index in [4.69, 9.17) is 21.1 Å². The second kappa shape index (κ2) is 9.13. The molecule has 0 saturated carbocycles. The number of amides is 1. The normalized spacial score (nSPS) is 14.4. The van der Waals surface area contributed by atoms with Crippen LogP contribution in [0.3, 0.4) is 0 Å². The van der Waals surface area contributed by atoms with Crippen LogP contribution in [0.4, 0.5) is 11.4 Å². The van der Waals surface area contributed by atoms with Crippen molar-refractivity contribution in [2.24, 2.45) is 4.99 Å². The molecule has 0 fully saturated rings. The van der Waals surface area contributed by atoms with Gasteiger partial charge < -0.3 is 9.47 Å². The lowest BCUT2D eigenvalue weighted by molar-refractivity contribution is -0.384. The third-order valence-corrected chi connectivity index (χ3v) is 5.19.